The van der Waals surface area contributed by atoms with Gasteiger partial charge in [-0.3, -0.25) is 0 Å². The molecule has 0 aliphatic heterocycles. The summed E-state index contributed by atoms with van der Waals surface area (Å²) in [4.78, 5) is 0. The van der Waals surface area contributed by atoms with Crippen LogP contribution in [0.15, 0.2) is 0 Å². The minimum absolute atomic E-state index is 0. The van der Waals surface area contributed by atoms with E-state index in [4.69, 9.17) is 3.32 Å². The Morgan fingerprint density at radius 2 is 1.50 bits per heavy atom. The van der Waals surface area contributed by atoms with Gasteiger partial charge in [0.25, 0.3) is 0 Å². The van der Waals surface area contributed by atoms with Crippen molar-refractivity contribution in [1.82, 2.24) is 0 Å². The molecule has 0 fully saturated rings. The minimum atomic E-state index is 0. The van der Waals surface area contributed by atoms with Gasteiger partial charge in [0.1, 0.15) is 0 Å². The molecule has 0 radical (unpaired) electrons. The third kappa shape index (κ3) is 8.82. The molecule has 0 aromatic heterocycles. The molecular weight excluding hydrogens is 203 g/mol. The van der Waals surface area contributed by atoms with Crippen LogP contribution in [-0.4, -0.2) is 45.5 Å². The maximum Gasteiger partial charge on any atom is 2.00 e. The van der Waals surface area contributed by atoms with Gasteiger partial charge in [-0.2, -0.15) is 0 Å². The largest absolute Gasteiger partial charge is 2.00 e. The fraction of sp³-hybridized carbons (Fsp3) is 0. The Hall–Kier alpha value is 2.53. The van der Waals surface area contributed by atoms with Crippen LogP contribution in [0.4, 0.5) is 0 Å². The van der Waals surface area contributed by atoms with Gasteiger partial charge in [0.05, 0.1) is 0 Å². The van der Waals surface area contributed by atoms with Crippen LogP contribution in [0.2, 0.25) is 0 Å². The molecule has 0 aliphatic rings. The predicted octanol–water partition coefficient (Wildman–Crippen LogP) is -0.280. The fourth-order valence-corrected chi connectivity index (χ4v) is 0. The topological polar surface area (TPSA) is 17.1 Å². The van der Waals surface area contributed by atoms with Gasteiger partial charge < -0.3 is 2.85 Å². The molecule has 0 aliphatic carbocycles. The molecule has 0 rings (SSSR count). The van der Waals surface area contributed by atoms with Crippen molar-refractivity contribution in [3.05, 3.63) is 0 Å². The van der Waals surface area contributed by atoms with Gasteiger partial charge in [0.2, 0.25) is 0 Å². The van der Waals surface area contributed by atoms with E-state index in [-0.39, 0.29) is 65.7 Å². The number of hydrogen-bond donors (Lipinski definition) is 0. The molecule has 4 heteroatoms. The zero-order valence-corrected chi connectivity index (χ0v) is 8.34. The van der Waals surface area contributed by atoms with Crippen LogP contribution in [0, 0.1) is 0 Å². The first-order valence-electron chi connectivity index (χ1n) is 0.204. The van der Waals surface area contributed by atoms with Crippen LogP contribution in [-0.2, 0) is 41.1 Å². The van der Waals surface area contributed by atoms with Gasteiger partial charge >= 0.3 is 69.2 Å². The molecule has 0 heterocycles. The molecule has 0 aromatic carbocycles. The fourth-order valence-electron chi connectivity index (χ4n) is 0. The second kappa shape index (κ2) is 17.7. The molecule has 0 saturated heterocycles. The van der Waals surface area contributed by atoms with Crippen molar-refractivity contribution in [2.45, 2.75) is 0 Å². The van der Waals surface area contributed by atoms with Crippen molar-refractivity contribution >= 4 is 45.5 Å². The smallest absolute Gasteiger partial charge is 2.00 e. The molecule has 0 spiro atoms. The van der Waals surface area contributed by atoms with Crippen molar-refractivity contribution in [2.75, 3.05) is 0 Å². The average Bonchev–Trinajstić information content (AvgIpc) is 1.00. The molecule has 0 aromatic rings. The van der Waals surface area contributed by atoms with E-state index in [0.717, 1.165) is 20.4 Å². The van der Waals surface area contributed by atoms with Crippen molar-refractivity contribution in [3.63, 3.8) is 0 Å². The summed E-state index contributed by atoms with van der Waals surface area (Å²) >= 11 is 0.750. The zero-order chi connectivity index (χ0) is 2.00. The van der Waals surface area contributed by atoms with E-state index in [0.29, 0.717) is 0 Å². The van der Waals surface area contributed by atoms with E-state index < -0.39 is 0 Å². The van der Waals surface area contributed by atoms with Crippen LogP contribution in [0.5, 0.6) is 0 Å². The van der Waals surface area contributed by atoms with Crippen LogP contribution in [0.25, 0.3) is 0 Å². The normalized spacial score (nSPS) is 0.750. The second-order valence-corrected chi connectivity index (χ2v) is 0. The third-order valence-electron chi connectivity index (χ3n) is 0. The van der Waals surface area contributed by atoms with Crippen molar-refractivity contribution in [3.8, 4) is 0 Å². The summed E-state index contributed by atoms with van der Waals surface area (Å²) in [6.45, 7) is 0. The Kier molecular flexibility index (Phi) is 71.1. The van der Waals surface area contributed by atoms with Crippen LogP contribution < -0.4 is 0 Å². The first-order chi connectivity index (χ1) is 1.00. The van der Waals surface area contributed by atoms with Crippen molar-refractivity contribution in [1.29, 1.82) is 0 Å². The first kappa shape index (κ1) is 16.0. The predicted molar refractivity (Wildman–Crippen MR) is 8.66 cm³/mol. The van der Waals surface area contributed by atoms with Gasteiger partial charge in [-0.1, -0.05) is 0 Å². The molecule has 0 N–H and O–H groups in total. The van der Waals surface area contributed by atoms with Gasteiger partial charge in [-0.05, 0) is 0 Å². The quantitative estimate of drug-likeness (QED) is 0.497. The summed E-state index contributed by atoms with van der Waals surface area (Å²) in [5.74, 6) is 0. The third-order valence-corrected chi connectivity index (χ3v) is 0. The molecular formula is H2CrOSrTi. The molecule has 20 valence electrons. The number of rotatable bonds is 0. The molecule has 0 amide bonds. The summed E-state index contributed by atoms with van der Waals surface area (Å²) < 4.78 is 8.25. The Bertz CT molecular complexity index is 13.5. The molecule has 4 heavy (non-hydrogen) atoms. The van der Waals surface area contributed by atoms with Gasteiger partial charge in [-0.25, -0.2) is 0 Å². The van der Waals surface area contributed by atoms with Gasteiger partial charge in [0.15, 0.2) is 0 Å². The summed E-state index contributed by atoms with van der Waals surface area (Å²) in [5.41, 5.74) is 0. The Morgan fingerprint density at radius 1 is 1.50 bits per heavy atom. The van der Waals surface area contributed by atoms with Crippen LogP contribution in [0.3, 0.4) is 0 Å². The summed E-state index contributed by atoms with van der Waals surface area (Å²) in [6.07, 6.45) is 0. The Balaban J connectivity index is -0.000000000833. The summed E-state index contributed by atoms with van der Waals surface area (Å²) in [7, 11) is 0. The molecule has 1 nitrogen and oxygen atoms in total. The maximum atomic E-state index is 8.25. The van der Waals surface area contributed by atoms with E-state index in [1.807, 2.05) is 0 Å². The maximum absolute atomic E-state index is 8.25. The molecule has 0 saturated carbocycles. The molecule has 0 bridgehead atoms. The average molecular weight is 205 g/mol. The Labute approximate surface area is 87.6 Å². The minimum Gasteiger partial charge on any atom is 2.00 e. The van der Waals surface area contributed by atoms with Gasteiger partial charge in [0, 0.05) is 17.4 Å². The standard InChI is InChI=1S/Cr.O.Sr.Ti.2H/q;;+2;;2*-1. The van der Waals surface area contributed by atoms with E-state index in [1.165, 1.54) is 0 Å². The van der Waals surface area contributed by atoms with Gasteiger partial charge in [-0.15, -0.1) is 0 Å². The monoisotopic (exact) mass is 206 g/mol. The molecule has 0 unspecified atom stereocenters. The van der Waals surface area contributed by atoms with Crippen molar-refractivity contribution < 1.29 is 43.9 Å². The first-order valence-corrected chi connectivity index (χ1v) is 0.842. The van der Waals surface area contributed by atoms with Crippen molar-refractivity contribution in [2.24, 2.45) is 0 Å². The van der Waals surface area contributed by atoms with E-state index in [2.05, 4.69) is 0 Å². The van der Waals surface area contributed by atoms with Crippen LogP contribution in [0.1, 0.15) is 2.85 Å². The number of hydrogen-bond acceptors (Lipinski definition) is 1. The second-order valence-electron chi connectivity index (χ2n) is 0. The zero-order valence-electron chi connectivity index (χ0n) is 4.02. The van der Waals surface area contributed by atoms with E-state index in [9.17, 15) is 0 Å². The Morgan fingerprint density at radius 3 is 1.50 bits per heavy atom. The van der Waals surface area contributed by atoms with E-state index >= 15 is 0 Å². The summed E-state index contributed by atoms with van der Waals surface area (Å²) in [5, 5.41) is 0. The van der Waals surface area contributed by atoms with Crippen LogP contribution >= 0.6 is 0 Å². The SMILES string of the molecule is [Cr].[H-].[H-].[O]=[Ti].[Sr+2]. The summed E-state index contributed by atoms with van der Waals surface area (Å²) in [6, 6.07) is 0. The van der Waals surface area contributed by atoms with E-state index in [1.54, 1.807) is 0 Å². The molecule has 0 atom stereocenters.